The van der Waals surface area contributed by atoms with E-state index in [1.807, 2.05) is 12.1 Å². The topological polar surface area (TPSA) is 38.7 Å². The first-order chi connectivity index (χ1) is 9.19. The third-order valence-corrected chi connectivity index (χ3v) is 3.89. The van der Waals surface area contributed by atoms with Crippen LogP contribution in [0.4, 0.5) is 0 Å². The molecule has 19 heavy (non-hydrogen) atoms. The summed E-state index contributed by atoms with van der Waals surface area (Å²) < 4.78 is 0. The molecule has 1 saturated heterocycles. The summed E-state index contributed by atoms with van der Waals surface area (Å²) in [6.45, 7) is 5.46. The Morgan fingerprint density at radius 2 is 1.84 bits per heavy atom. The number of hydrogen-bond acceptors (Lipinski definition) is 4. The van der Waals surface area contributed by atoms with Crippen molar-refractivity contribution < 1.29 is 5.11 Å². The zero-order chi connectivity index (χ0) is 13.7. The van der Waals surface area contributed by atoms with E-state index in [4.69, 9.17) is 5.11 Å². The molecule has 0 aliphatic carbocycles. The molecule has 1 aromatic rings. The zero-order valence-electron chi connectivity index (χ0n) is 12.0. The quantitative estimate of drug-likeness (QED) is 0.812. The van der Waals surface area contributed by atoms with Gasteiger partial charge >= 0.3 is 0 Å². The van der Waals surface area contributed by atoms with E-state index in [-0.39, 0.29) is 6.61 Å². The zero-order valence-corrected chi connectivity index (χ0v) is 12.0. The molecule has 4 nitrogen and oxygen atoms in total. The first-order valence-corrected chi connectivity index (χ1v) is 6.97. The summed E-state index contributed by atoms with van der Waals surface area (Å²) in [7, 11) is 4.39. The van der Waals surface area contributed by atoms with E-state index in [0.29, 0.717) is 6.04 Å². The van der Waals surface area contributed by atoms with Crippen molar-refractivity contribution in [2.45, 2.75) is 19.2 Å². The predicted molar refractivity (Wildman–Crippen MR) is 78.0 cm³/mol. The first kappa shape index (κ1) is 14.5. The Hall–Kier alpha value is -0.940. The van der Waals surface area contributed by atoms with Crippen LogP contribution >= 0.6 is 0 Å². The van der Waals surface area contributed by atoms with Gasteiger partial charge in [-0.25, -0.2) is 0 Å². The van der Waals surface area contributed by atoms with Crippen LogP contribution in [0, 0.1) is 0 Å². The van der Waals surface area contributed by atoms with Gasteiger partial charge in [0.15, 0.2) is 0 Å². The molecule has 1 unspecified atom stereocenters. The van der Waals surface area contributed by atoms with Crippen LogP contribution in [0.15, 0.2) is 24.3 Å². The highest BCUT2D eigenvalue weighted by Gasteiger charge is 2.21. The van der Waals surface area contributed by atoms with E-state index >= 15 is 0 Å². The van der Waals surface area contributed by atoms with E-state index in [0.717, 1.165) is 38.3 Å². The monoisotopic (exact) mass is 263 g/mol. The van der Waals surface area contributed by atoms with Gasteiger partial charge in [0.2, 0.25) is 0 Å². The SMILES string of the molecule is CN1CCN(C)C(CNCc2ccc(CO)cc2)C1. The minimum atomic E-state index is 0.118. The molecule has 2 rings (SSSR count). The van der Waals surface area contributed by atoms with Gasteiger partial charge < -0.3 is 15.3 Å². The Balaban J connectivity index is 1.75. The van der Waals surface area contributed by atoms with Gasteiger partial charge in [-0.3, -0.25) is 4.90 Å². The second-order valence-corrected chi connectivity index (χ2v) is 5.50. The maximum absolute atomic E-state index is 9.00. The van der Waals surface area contributed by atoms with Crippen molar-refractivity contribution in [3.05, 3.63) is 35.4 Å². The summed E-state index contributed by atoms with van der Waals surface area (Å²) in [6.07, 6.45) is 0. The number of hydrogen-bond donors (Lipinski definition) is 2. The molecule has 1 aliphatic rings. The van der Waals surface area contributed by atoms with Gasteiger partial charge in [-0.05, 0) is 25.2 Å². The van der Waals surface area contributed by atoms with Gasteiger partial charge in [-0.1, -0.05) is 24.3 Å². The molecule has 0 aromatic heterocycles. The van der Waals surface area contributed by atoms with Gasteiger partial charge in [0.25, 0.3) is 0 Å². The minimum Gasteiger partial charge on any atom is -0.392 e. The molecule has 1 aliphatic heterocycles. The fourth-order valence-corrected chi connectivity index (χ4v) is 2.47. The van der Waals surface area contributed by atoms with Gasteiger partial charge in [0.05, 0.1) is 6.61 Å². The van der Waals surface area contributed by atoms with Crippen molar-refractivity contribution in [2.24, 2.45) is 0 Å². The van der Waals surface area contributed by atoms with Crippen molar-refractivity contribution in [1.29, 1.82) is 0 Å². The second kappa shape index (κ2) is 7.01. The number of nitrogens with one attached hydrogen (secondary N) is 1. The highest BCUT2D eigenvalue weighted by Crippen LogP contribution is 2.06. The second-order valence-electron chi connectivity index (χ2n) is 5.50. The average Bonchev–Trinajstić information content (AvgIpc) is 2.43. The number of aliphatic hydroxyl groups is 1. The molecule has 0 spiro atoms. The van der Waals surface area contributed by atoms with Crippen molar-refractivity contribution in [1.82, 2.24) is 15.1 Å². The molecule has 4 heteroatoms. The molecule has 0 amide bonds. The summed E-state index contributed by atoms with van der Waals surface area (Å²) in [4.78, 5) is 4.82. The molecule has 0 bridgehead atoms. The average molecular weight is 263 g/mol. The van der Waals surface area contributed by atoms with E-state index in [2.05, 4.69) is 41.3 Å². The molecule has 1 atom stereocenters. The summed E-state index contributed by atoms with van der Waals surface area (Å²) in [6, 6.07) is 8.72. The standard InChI is InChI=1S/C15H25N3O/c1-17-7-8-18(2)15(11-17)10-16-9-13-3-5-14(12-19)6-4-13/h3-6,15-16,19H,7-12H2,1-2H3. The van der Waals surface area contributed by atoms with E-state index < -0.39 is 0 Å². The Bertz CT molecular complexity index is 379. The molecule has 0 saturated carbocycles. The van der Waals surface area contributed by atoms with Gasteiger partial charge in [0, 0.05) is 38.8 Å². The van der Waals surface area contributed by atoms with Crippen LogP contribution in [0.1, 0.15) is 11.1 Å². The highest BCUT2D eigenvalue weighted by molar-refractivity contribution is 5.21. The van der Waals surface area contributed by atoms with Crippen molar-refractivity contribution >= 4 is 0 Å². The van der Waals surface area contributed by atoms with Crippen molar-refractivity contribution in [2.75, 3.05) is 40.3 Å². The molecule has 0 radical (unpaired) electrons. The number of piperazine rings is 1. The Morgan fingerprint density at radius 3 is 2.53 bits per heavy atom. The largest absolute Gasteiger partial charge is 0.392 e. The summed E-state index contributed by atoms with van der Waals surface area (Å²) >= 11 is 0. The molecule has 1 fully saturated rings. The van der Waals surface area contributed by atoms with Crippen LogP contribution in [0.25, 0.3) is 0 Å². The minimum absolute atomic E-state index is 0.118. The van der Waals surface area contributed by atoms with E-state index in [1.165, 1.54) is 5.56 Å². The lowest BCUT2D eigenvalue weighted by atomic mass is 10.1. The Labute approximate surface area is 116 Å². The number of benzene rings is 1. The molecule has 106 valence electrons. The Kier molecular flexibility index (Phi) is 5.34. The van der Waals surface area contributed by atoms with Gasteiger partial charge in [-0.2, -0.15) is 0 Å². The number of nitrogens with zero attached hydrogens (tertiary/aromatic N) is 2. The van der Waals surface area contributed by atoms with Crippen LogP contribution in [-0.4, -0.2) is 61.2 Å². The smallest absolute Gasteiger partial charge is 0.0681 e. The van der Waals surface area contributed by atoms with E-state index in [1.54, 1.807) is 0 Å². The molecular weight excluding hydrogens is 238 g/mol. The summed E-state index contributed by atoms with van der Waals surface area (Å²) in [5.74, 6) is 0. The molecular formula is C15H25N3O. The van der Waals surface area contributed by atoms with Crippen molar-refractivity contribution in [3.8, 4) is 0 Å². The Morgan fingerprint density at radius 1 is 1.16 bits per heavy atom. The lowest BCUT2D eigenvalue weighted by molar-refractivity contribution is 0.113. The maximum Gasteiger partial charge on any atom is 0.0681 e. The summed E-state index contributed by atoms with van der Waals surface area (Å²) in [5.41, 5.74) is 2.24. The van der Waals surface area contributed by atoms with Crippen LogP contribution in [0.2, 0.25) is 0 Å². The van der Waals surface area contributed by atoms with Crippen LogP contribution in [0.3, 0.4) is 0 Å². The van der Waals surface area contributed by atoms with Gasteiger partial charge in [0.1, 0.15) is 0 Å². The van der Waals surface area contributed by atoms with Crippen LogP contribution < -0.4 is 5.32 Å². The van der Waals surface area contributed by atoms with Gasteiger partial charge in [-0.15, -0.1) is 0 Å². The third-order valence-electron chi connectivity index (χ3n) is 3.89. The first-order valence-electron chi connectivity index (χ1n) is 6.97. The predicted octanol–water partition coefficient (Wildman–Crippen LogP) is 0.514. The number of likely N-dealkylation sites (N-methyl/N-ethyl adjacent to an activating group) is 2. The highest BCUT2D eigenvalue weighted by atomic mass is 16.3. The molecule has 1 heterocycles. The third kappa shape index (κ3) is 4.28. The van der Waals surface area contributed by atoms with Crippen LogP contribution in [0.5, 0.6) is 0 Å². The fourth-order valence-electron chi connectivity index (χ4n) is 2.47. The lowest BCUT2D eigenvalue weighted by Gasteiger charge is -2.37. The van der Waals surface area contributed by atoms with E-state index in [9.17, 15) is 0 Å². The van der Waals surface area contributed by atoms with Crippen LogP contribution in [-0.2, 0) is 13.2 Å². The normalized spacial score (nSPS) is 21.7. The molecule has 2 N–H and O–H groups in total. The summed E-state index contributed by atoms with van der Waals surface area (Å²) in [5, 5.41) is 12.5. The molecule has 1 aromatic carbocycles. The maximum atomic E-state index is 9.00. The lowest BCUT2D eigenvalue weighted by Crippen LogP contribution is -2.53. The number of aliphatic hydroxyl groups excluding tert-OH is 1. The fraction of sp³-hybridized carbons (Fsp3) is 0.600. The number of rotatable bonds is 5. The van der Waals surface area contributed by atoms with Crippen molar-refractivity contribution in [3.63, 3.8) is 0 Å².